The third-order valence-corrected chi connectivity index (χ3v) is 4.21. The zero-order valence-corrected chi connectivity index (χ0v) is 13.5. The number of carbonyl (C=O) groups is 1. The van der Waals surface area contributed by atoms with Gasteiger partial charge in [-0.25, -0.2) is 0 Å². The molecular weight excluding hydrogens is 292 g/mol. The Morgan fingerprint density at radius 2 is 2.22 bits per heavy atom. The fourth-order valence-electron chi connectivity index (χ4n) is 2.87. The van der Waals surface area contributed by atoms with Crippen LogP contribution in [0.1, 0.15) is 51.0 Å². The van der Waals surface area contributed by atoms with Crippen LogP contribution in [0.2, 0.25) is 0 Å². The molecule has 0 heterocycles. The number of rotatable bonds is 7. The van der Waals surface area contributed by atoms with Crippen LogP contribution in [0.5, 0.6) is 5.75 Å². The van der Waals surface area contributed by atoms with Crippen molar-refractivity contribution < 1.29 is 14.6 Å². The van der Waals surface area contributed by atoms with Crippen molar-refractivity contribution in [3.63, 3.8) is 0 Å². The van der Waals surface area contributed by atoms with Crippen LogP contribution in [0.15, 0.2) is 24.3 Å². The molecule has 0 aliphatic heterocycles. The third kappa shape index (κ3) is 5.26. The van der Waals surface area contributed by atoms with Gasteiger partial charge in [-0.2, -0.15) is 5.26 Å². The number of nitrogens with zero attached hydrogens (tertiary/aromatic N) is 1. The smallest absolute Gasteiger partial charge is 0.223 e. The third-order valence-electron chi connectivity index (χ3n) is 4.21. The molecule has 1 aliphatic rings. The standard InChI is InChI=1S/C18H24N2O3/c1-2-15(12-19)23-16-7-5-6-14(10-16)13-20-17(21)11-18(22)8-3-4-9-18/h5-7,10,15,22H,2-4,8-9,11,13H2,1H3,(H,20,21). The summed E-state index contributed by atoms with van der Waals surface area (Å²) in [6.07, 6.45) is 3.70. The highest BCUT2D eigenvalue weighted by molar-refractivity contribution is 5.77. The van der Waals surface area contributed by atoms with Crippen molar-refractivity contribution in [2.45, 2.75) is 63.7 Å². The van der Waals surface area contributed by atoms with Gasteiger partial charge in [-0.05, 0) is 37.0 Å². The number of nitriles is 1. The van der Waals surface area contributed by atoms with Crippen LogP contribution < -0.4 is 10.1 Å². The van der Waals surface area contributed by atoms with Crippen molar-refractivity contribution in [3.05, 3.63) is 29.8 Å². The van der Waals surface area contributed by atoms with Gasteiger partial charge in [-0.3, -0.25) is 4.79 Å². The van der Waals surface area contributed by atoms with Crippen LogP contribution in [0.3, 0.4) is 0 Å². The molecule has 1 atom stereocenters. The number of hydrogen-bond acceptors (Lipinski definition) is 4. The second-order valence-corrected chi connectivity index (χ2v) is 6.18. The fraction of sp³-hybridized carbons (Fsp3) is 0.556. The topological polar surface area (TPSA) is 82.3 Å². The monoisotopic (exact) mass is 316 g/mol. The largest absolute Gasteiger partial charge is 0.476 e. The fourth-order valence-corrected chi connectivity index (χ4v) is 2.87. The summed E-state index contributed by atoms with van der Waals surface area (Å²) in [5, 5.41) is 22.0. The first-order chi connectivity index (χ1) is 11.0. The number of hydrogen-bond donors (Lipinski definition) is 2. The maximum absolute atomic E-state index is 12.0. The van der Waals surface area contributed by atoms with E-state index in [-0.39, 0.29) is 12.3 Å². The molecule has 0 bridgehead atoms. The Morgan fingerprint density at radius 3 is 2.87 bits per heavy atom. The van der Waals surface area contributed by atoms with Crippen LogP contribution in [0.25, 0.3) is 0 Å². The first-order valence-corrected chi connectivity index (χ1v) is 8.19. The summed E-state index contributed by atoms with van der Waals surface area (Å²) in [6, 6.07) is 9.45. The number of aliphatic hydroxyl groups is 1. The van der Waals surface area contributed by atoms with Gasteiger partial charge in [0.1, 0.15) is 11.8 Å². The number of amides is 1. The molecular formula is C18H24N2O3. The summed E-state index contributed by atoms with van der Waals surface area (Å²) in [4.78, 5) is 12.0. The minimum Gasteiger partial charge on any atom is -0.476 e. The molecule has 1 aromatic rings. The molecule has 1 amide bonds. The van der Waals surface area contributed by atoms with Crippen molar-refractivity contribution >= 4 is 5.91 Å². The number of benzene rings is 1. The van der Waals surface area contributed by atoms with Crippen LogP contribution in [-0.4, -0.2) is 22.7 Å². The van der Waals surface area contributed by atoms with Crippen molar-refractivity contribution in [3.8, 4) is 11.8 Å². The average molecular weight is 316 g/mol. The van der Waals surface area contributed by atoms with Gasteiger partial charge in [-0.1, -0.05) is 31.9 Å². The SMILES string of the molecule is CCC(C#N)Oc1cccc(CNC(=O)CC2(O)CCCC2)c1. The van der Waals surface area contributed by atoms with Gasteiger partial charge in [0, 0.05) is 6.54 Å². The van der Waals surface area contributed by atoms with E-state index in [1.807, 2.05) is 25.1 Å². The number of nitrogens with one attached hydrogen (secondary N) is 1. The maximum Gasteiger partial charge on any atom is 0.223 e. The highest BCUT2D eigenvalue weighted by atomic mass is 16.5. The van der Waals surface area contributed by atoms with E-state index in [0.717, 1.165) is 18.4 Å². The Bertz CT molecular complexity index is 574. The summed E-state index contributed by atoms with van der Waals surface area (Å²) in [7, 11) is 0. The summed E-state index contributed by atoms with van der Waals surface area (Å²) >= 11 is 0. The predicted octanol–water partition coefficient (Wildman–Crippen LogP) is 2.68. The molecule has 2 N–H and O–H groups in total. The van der Waals surface area contributed by atoms with E-state index in [2.05, 4.69) is 11.4 Å². The van der Waals surface area contributed by atoms with Crippen molar-refractivity contribution in [2.24, 2.45) is 0 Å². The molecule has 23 heavy (non-hydrogen) atoms. The average Bonchev–Trinajstić information content (AvgIpc) is 2.97. The summed E-state index contributed by atoms with van der Waals surface area (Å²) in [5.41, 5.74) is 0.0815. The van der Waals surface area contributed by atoms with E-state index in [1.165, 1.54) is 0 Å². The molecule has 0 saturated heterocycles. The maximum atomic E-state index is 12.0. The Labute approximate surface area is 137 Å². The quantitative estimate of drug-likeness (QED) is 0.810. The van der Waals surface area contributed by atoms with E-state index in [4.69, 9.17) is 10.00 Å². The van der Waals surface area contributed by atoms with Gasteiger partial charge >= 0.3 is 0 Å². The van der Waals surface area contributed by atoms with E-state index >= 15 is 0 Å². The molecule has 5 nitrogen and oxygen atoms in total. The molecule has 1 unspecified atom stereocenters. The molecule has 0 radical (unpaired) electrons. The molecule has 5 heteroatoms. The lowest BCUT2D eigenvalue weighted by molar-refractivity contribution is -0.126. The van der Waals surface area contributed by atoms with E-state index < -0.39 is 11.7 Å². The zero-order chi connectivity index (χ0) is 16.7. The molecule has 2 rings (SSSR count). The predicted molar refractivity (Wildman–Crippen MR) is 86.6 cm³/mol. The minimum atomic E-state index is -0.823. The number of ether oxygens (including phenoxy) is 1. The van der Waals surface area contributed by atoms with E-state index in [0.29, 0.717) is 31.6 Å². The normalized spacial score (nSPS) is 17.3. The summed E-state index contributed by atoms with van der Waals surface area (Å²) < 4.78 is 5.57. The van der Waals surface area contributed by atoms with Gasteiger partial charge in [0.05, 0.1) is 12.0 Å². The van der Waals surface area contributed by atoms with Crippen molar-refractivity contribution in [1.82, 2.24) is 5.32 Å². The van der Waals surface area contributed by atoms with Gasteiger partial charge < -0.3 is 15.2 Å². The van der Waals surface area contributed by atoms with Crippen LogP contribution >= 0.6 is 0 Å². The van der Waals surface area contributed by atoms with Crippen molar-refractivity contribution in [2.75, 3.05) is 0 Å². The zero-order valence-electron chi connectivity index (χ0n) is 13.5. The van der Waals surface area contributed by atoms with Gasteiger partial charge in [0.15, 0.2) is 6.10 Å². The van der Waals surface area contributed by atoms with Crippen LogP contribution in [0, 0.1) is 11.3 Å². The van der Waals surface area contributed by atoms with E-state index in [1.54, 1.807) is 6.07 Å². The Balaban J connectivity index is 1.85. The molecule has 1 saturated carbocycles. The lowest BCUT2D eigenvalue weighted by Gasteiger charge is -2.21. The first kappa shape index (κ1) is 17.3. The lowest BCUT2D eigenvalue weighted by Crippen LogP contribution is -2.34. The Hall–Kier alpha value is -2.06. The summed E-state index contributed by atoms with van der Waals surface area (Å²) in [6.45, 7) is 2.28. The molecule has 1 aromatic carbocycles. The Kier molecular flexibility index (Phi) is 6.00. The second kappa shape index (κ2) is 7.98. The molecule has 0 spiro atoms. The molecule has 1 fully saturated rings. The van der Waals surface area contributed by atoms with Crippen LogP contribution in [0.4, 0.5) is 0 Å². The van der Waals surface area contributed by atoms with Gasteiger partial charge in [0.2, 0.25) is 5.91 Å². The molecule has 124 valence electrons. The van der Waals surface area contributed by atoms with Crippen LogP contribution in [-0.2, 0) is 11.3 Å². The Morgan fingerprint density at radius 1 is 1.48 bits per heavy atom. The minimum absolute atomic E-state index is 0.135. The first-order valence-electron chi connectivity index (χ1n) is 8.19. The highest BCUT2D eigenvalue weighted by Gasteiger charge is 2.33. The highest BCUT2D eigenvalue weighted by Crippen LogP contribution is 2.32. The number of carbonyl (C=O) groups excluding carboxylic acids is 1. The molecule has 0 aromatic heterocycles. The van der Waals surface area contributed by atoms with Crippen molar-refractivity contribution in [1.29, 1.82) is 5.26 Å². The lowest BCUT2D eigenvalue weighted by atomic mass is 9.97. The molecule has 1 aliphatic carbocycles. The van der Waals surface area contributed by atoms with Gasteiger partial charge in [-0.15, -0.1) is 0 Å². The van der Waals surface area contributed by atoms with E-state index in [9.17, 15) is 9.90 Å². The van der Waals surface area contributed by atoms with Gasteiger partial charge in [0.25, 0.3) is 0 Å². The second-order valence-electron chi connectivity index (χ2n) is 6.18. The summed E-state index contributed by atoms with van der Waals surface area (Å²) in [5.74, 6) is 0.490.